The van der Waals surface area contributed by atoms with Gasteiger partial charge in [-0.25, -0.2) is 13.1 Å². The van der Waals surface area contributed by atoms with E-state index in [4.69, 9.17) is 24.8 Å². The third-order valence-electron chi connectivity index (χ3n) is 2.21. The monoisotopic (exact) mass is 313 g/mol. The molecule has 0 aliphatic carbocycles. The quantitative estimate of drug-likeness (QED) is 0.845. The molecule has 110 valence electrons. The van der Waals surface area contributed by atoms with Crippen LogP contribution in [0.3, 0.4) is 0 Å². The smallest absolute Gasteiger partial charge is 0.215 e. The summed E-state index contributed by atoms with van der Waals surface area (Å²) >= 11 is 0. The largest absolute Gasteiger partial charge is 0.361 e. The first kappa shape index (κ1) is 4.09. The molecule has 2 aromatic rings. The van der Waals surface area contributed by atoms with Crippen molar-refractivity contribution in [2.45, 2.75) is 12.1 Å². The van der Waals surface area contributed by atoms with E-state index in [9.17, 15) is 8.42 Å². The highest BCUT2D eigenvalue weighted by Gasteiger charge is 2.11. The molecule has 1 heterocycles. The number of benzene rings is 1. The Bertz CT molecular complexity index is 1310. The molecule has 0 radical (unpaired) electrons. The second-order valence-corrected chi connectivity index (χ2v) is 4.91. The van der Waals surface area contributed by atoms with Crippen molar-refractivity contribution >= 4 is 20.9 Å². The third-order valence-corrected chi connectivity index (χ3v) is 2.95. The van der Waals surface area contributed by atoms with Crippen molar-refractivity contribution in [2.75, 3.05) is 27.4 Å². The number of nitrogens with one attached hydrogen (secondary N) is 2. The van der Waals surface area contributed by atoms with Gasteiger partial charge in [-0.05, 0) is 50.6 Å². The molecular formula is C14H21N3O2S. The number of aromatic nitrogens is 1. The molecule has 0 saturated carbocycles. The van der Waals surface area contributed by atoms with Crippen LogP contribution in [0, 0.1) is 0 Å². The molecule has 6 heteroatoms. The molecule has 5 nitrogen and oxygen atoms in total. The van der Waals surface area contributed by atoms with Crippen LogP contribution >= 0.6 is 0 Å². The van der Waals surface area contributed by atoms with Crippen molar-refractivity contribution in [1.29, 1.82) is 0 Å². The van der Waals surface area contributed by atoms with Crippen molar-refractivity contribution in [3.05, 3.63) is 35.5 Å². The van der Waals surface area contributed by atoms with Crippen molar-refractivity contribution in [1.82, 2.24) is 14.6 Å². The number of hydrogen-bond acceptors (Lipinski definition) is 3. The first-order valence-corrected chi connectivity index (χ1v) is 6.49. The first-order valence-electron chi connectivity index (χ1n) is 13.9. The van der Waals surface area contributed by atoms with E-state index in [1.807, 2.05) is 0 Å². The normalized spacial score (nSPS) is 29.9. The summed E-state index contributed by atoms with van der Waals surface area (Å²) < 4.78 is 163. The zero-order valence-electron chi connectivity index (χ0n) is 27.8. The lowest BCUT2D eigenvalue weighted by Gasteiger charge is -2.08. The Morgan fingerprint density at radius 3 is 3.20 bits per heavy atom. The molecule has 20 heavy (non-hydrogen) atoms. The number of rotatable bonds is 6. The van der Waals surface area contributed by atoms with Crippen LogP contribution in [-0.4, -0.2) is 45.7 Å². The minimum Gasteiger partial charge on any atom is -0.361 e. The lowest BCUT2D eigenvalue weighted by molar-refractivity contribution is 0.414. The SMILES string of the molecule is [2H]c1c(C([2H])([2H])C([2H])([2H])N(C([2H])([2H])[2H])C([2H])([2H])[2H])c2cc(C([2H])([2H])S(=O)(=O)N([2H])C([2H])([2H])[2H])ccc2n1[2H]. The Morgan fingerprint density at radius 1 is 1.60 bits per heavy atom. The van der Waals surface area contributed by atoms with Gasteiger partial charge >= 0.3 is 0 Å². The zero-order valence-corrected chi connectivity index (χ0v) is 10.6. The minimum atomic E-state index is -5.60. The van der Waals surface area contributed by atoms with E-state index < -0.39 is 87.3 Å². The molecule has 0 unspecified atom stereocenters. The fourth-order valence-electron chi connectivity index (χ4n) is 1.45. The maximum atomic E-state index is 12.6. The lowest BCUT2D eigenvalue weighted by atomic mass is 10.1. The summed E-state index contributed by atoms with van der Waals surface area (Å²) in [6.07, 6.45) is -4.81. The standard InChI is InChI=1S/C14H21N3O2S/c1-15-20(18,19)10-11-4-5-14-13(8-11)12(9-16-14)6-7-17(2)3/h4-5,8-9,15-16H,6-7,10H2,1-3H3/i1D3,2D3,3D3,6D2,7D2,9D,10D2/hD2. The average Bonchev–Trinajstić information content (AvgIpc) is 2.93. The number of aromatic amines is 1. The van der Waals surface area contributed by atoms with E-state index in [0.29, 0.717) is 6.07 Å². The molecule has 0 atom stereocenters. The number of nitrogens with zero attached hydrogens (tertiary/aromatic N) is 1. The van der Waals surface area contributed by atoms with Gasteiger partial charge in [0, 0.05) is 44.1 Å². The summed E-state index contributed by atoms with van der Waals surface area (Å²) in [6.45, 7) is -15.0. The molecule has 2 rings (SSSR count). The van der Waals surface area contributed by atoms with Crippen LogP contribution in [0.25, 0.3) is 10.9 Å². The first-order chi connectivity index (χ1) is 16.6. The predicted octanol–water partition coefficient (Wildman–Crippen LogP) is 1.32. The highest BCUT2D eigenvalue weighted by molar-refractivity contribution is 7.88. The van der Waals surface area contributed by atoms with Crippen LogP contribution in [0.4, 0.5) is 0 Å². The molecule has 0 amide bonds. The minimum absolute atomic E-state index is 0.237. The Balaban J connectivity index is 2.92. The van der Waals surface area contributed by atoms with Gasteiger partial charge < -0.3 is 9.88 Å². The van der Waals surface area contributed by atoms with Gasteiger partial charge in [-0.3, -0.25) is 0 Å². The predicted molar refractivity (Wildman–Crippen MR) is 82.2 cm³/mol. The molecule has 0 fully saturated rings. The van der Waals surface area contributed by atoms with E-state index in [-0.39, 0.29) is 4.98 Å². The van der Waals surface area contributed by atoms with Gasteiger partial charge in [0.2, 0.25) is 10.0 Å². The molecule has 2 N–H and O–H groups in total. The van der Waals surface area contributed by atoms with Gasteiger partial charge in [0.25, 0.3) is 0 Å². The zero-order chi connectivity index (χ0) is 30.2. The van der Waals surface area contributed by atoms with E-state index >= 15 is 0 Å². The number of hydrogen-bond donors (Lipinski definition) is 2. The summed E-state index contributed by atoms with van der Waals surface area (Å²) in [6, 6.07) is 2.16. The highest BCUT2D eigenvalue weighted by Crippen LogP contribution is 2.21. The number of fused-ring (bicyclic) bond motifs is 1. The average molecular weight is 314 g/mol. The maximum Gasteiger partial charge on any atom is 0.215 e. The number of aryl methyl sites for hydroxylation is 1. The number of sulfonamides is 1. The van der Waals surface area contributed by atoms with E-state index in [2.05, 4.69) is 0 Å². The van der Waals surface area contributed by atoms with Gasteiger partial charge in [-0.1, -0.05) is 6.07 Å². The molecular weight excluding hydrogens is 274 g/mol. The van der Waals surface area contributed by atoms with E-state index in [0.717, 1.165) is 12.1 Å². The summed E-state index contributed by atoms with van der Waals surface area (Å²) in [5, 5.41) is -0.670. The van der Waals surface area contributed by atoms with Crippen molar-refractivity contribution in [3.63, 3.8) is 0 Å². The number of likely N-dealkylation sites (N-methyl/N-ethyl adjacent to an activating group) is 1. The summed E-state index contributed by atoms with van der Waals surface area (Å²) in [5.41, 5.74) is -6.08. The van der Waals surface area contributed by atoms with Gasteiger partial charge in [-0.15, -0.1) is 0 Å². The van der Waals surface area contributed by atoms with Crippen LogP contribution in [0.1, 0.15) is 33.1 Å². The molecule has 0 aliphatic heterocycles. The van der Waals surface area contributed by atoms with Crippen LogP contribution in [0.5, 0.6) is 0 Å². The molecule has 1 aromatic heterocycles. The number of H-pyrrole nitrogens is 1. The summed E-state index contributed by atoms with van der Waals surface area (Å²) in [7, 11) is -5.60. The van der Waals surface area contributed by atoms with Crippen molar-refractivity contribution in [3.8, 4) is 0 Å². The summed E-state index contributed by atoms with van der Waals surface area (Å²) in [4.78, 5) is -0.470. The Morgan fingerprint density at radius 2 is 2.45 bits per heavy atom. The molecule has 0 saturated heterocycles. The second-order valence-electron chi connectivity index (χ2n) is 3.57. The lowest BCUT2D eigenvalue weighted by Crippen LogP contribution is -2.20. The maximum absolute atomic E-state index is 12.6. The van der Waals surface area contributed by atoms with Crippen LogP contribution < -0.4 is 4.72 Å². The third kappa shape index (κ3) is 3.59. The van der Waals surface area contributed by atoms with Gasteiger partial charge in [0.15, 0.2) is 1.41 Å². The van der Waals surface area contributed by atoms with Gasteiger partial charge in [-0.2, -0.15) is 0 Å². The molecule has 0 aliphatic rings. The fraction of sp³-hybridized carbons (Fsp3) is 0.429. The van der Waals surface area contributed by atoms with Crippen LogP contribution in [0.2, 0.25) is 2.82 Å². The highest BCUT2D eigenvalue weighted by atomic mass is 32.2. The Labute approximate surface area is 145 Å². The van der Waals surface area contributed by atoms with Crippen molar-refractivity contribution < 1.29 is 33.2 Å². The second kappa shape index (κ2) is 5.95. The van der Waals surface area contributed by atoms with Gasteiger partial charge in [0.05, 0.1) is 7.08 Å². The topological polar surface area (TPSA) is 65.2 Å². The van der Waals surface area contributed by atoms with Crippen LogP contribution in [-0.2, 0) is 22.1 Å². The Kier molecular flexibility index (Phi) is 1.22. The van der Waals surface area contributed by atoms with Crippen LogP contribution in [0.15, 0.2) is 24.4 Å². The summed E-state index contributed by atoms with van der Waals surface area (Å²) in [5.74, 6) is 0. The van der Waals surface area contributed by atoms with Crippen molar-refractivity contribution in [2.24, 2.45) is 0 Å². The molecule has 1 aromatic carbocycles. The van der Waals surface area contributed by atoms with E-state index in [1.54, 1.807) is 0 Å². The molecule has 0 bridgehead atoms. The van der Waals surface area contributed by atoms with Gasteiger partial charge in [0.1, 0.15) is 1.41 Å². The van der Waals surface area contributed by atoms with E-state index in [1.165, 1.54) is 0 Å². The molecule has 0 spiro atoms. The fourth-order valence-corrected chi connectivity index (χ4v) is 1.92. The Hall–Kier alpha value is -1.37.